The molecule has 218 valence electrons. The monoisotopic (exact) mass is 606 g/mol. The molecule has 0 aliphatic carbocycles. The number of para-hydroxylation sites is 6. The van der Waals surface area contributed by atoms with Crippen LogP contribution in [0.4, 0.5) is 22.7 Å². The highest BCUT2D eigenvalue weighted by Gasteiger charge is 2.49. The van der Waals surface area contributed by atoms with Crippen molar-refractivity contribution in [3.63, 3.8) is 0 Å². The van der Waals surface area contributed by atoms with Gasteiger partial charge in [0.2, 0.25) is 0 Å². The predicted molar refractivity (Wildman–Crippen MR) is 202 cm³/mol. The summed E-state index contributed by atoms with van der Waals surface area (Å²) in [6, 6.07) is 54.7. The number of nitrogens with zero attached hydrogens (tertiary/aromatic N) is 4. The number of hydrogen-bond acceptors (Lipinski definition) is 2. The van der Waals surface area contributed by atoms with Crippen LogP contribution >= 0.6 is 0 Å². The minimum Gasteiger partial charge on any atom is -0.359 e. The quantitative estimate of drug-likeness (QED) is 0.161. The first kappa shape index (κ1) is 24.1. The van der Waals surface area contributed by atoms with Crippen molar-refractivity contribution in [1.82, 2.24) is 8.96 Å². The first-order valence-electron chi connectivity index (χ1n) is 16.9. The number of anilines is 4. The highest BCUT2D eigenvalue weighted by atomic mass is 15.2. The van der Waals surface area contributed by atoms with Crippen molar-refractivity contribution in [2.24, 2.45) is 0 Å². The van der Waals surface area contributed by atoms with Gasteiger partial charge in [-0.2, -0.15) is 0 Å². The fraction of sp³-hybridized carbons (Fsp3) is 0. The summed E-state index contributed by atoms with van der Waals surface area (Å²) in [7, 11) is 0. The first-order chi connectivity index (χ1) is 23.9. The van der Waals surface area contributed by atoms with Gasteiger partial charge < -0.3 is 18.6 Å². The van der Waals surface area contributed by atoms with E-state index in [4.69, 9.17) is 0 Å². The van der Waals surface area contributed by atoms with Crippen LogP contribution in [-0.4, -0.2) is 22.9 Å². The van der Waals surface area contributed by atoms with Gasteiger partial charge in [-0.1, -0.05) is 109 Å². The lowest BCUT2D eigenvalue weighted by molar-refractivity contribution is 1.29. The largest absolute Gasteiger partial charge is 0.421 e. The SMILES string of the molecule is c1ccc2c(c1)-c1cc3c(cc1B1N2c2cccc4c5ccccc5n1c24)-c1ccccc1N1B3n2c3ccccc3c3cccc1c32. The number of aromatic nitrogens is 2. The van der Waals surface area contributed by atoms with Gasteiger partial charge >= 0.3 is 14.0 Å². The summed E-state index contributed by atoms with van der Waals surface area (Å²) >= 11 is 0. The number of rotatable bonds is 0. The van der Waals surface area contributed by atoms with Gasteiger partial charge in [-0.25, -0.2) is 0 Å². The second kappa shape index (κ2) is 8.04. The van der Waals surface area contributed by atoms with Crippen LogP contribution in [-0.2, 0) is 0 Å². The zero-order valence-corrected chi connectivity index (χ0v) is 25.8. The Morgan fingerprint density at radius 1 is 0.333 bits per heavy atom. The smallest absolute Gasteiger partial charge is 0.359 e. The lowest BCUT2D eigenvalue weighted by Crippen LogP contribution is -2.55. The van der Waals surface area contributed by atoms with Crippen molar-refractivity contribution in [2.45, 2.75) is 0 Å². The van der Waals surface area contributed by atoms with Crippen molar-refractivity contribution in [3.05, 3.63) is 146 Å². The molecule has 0 fully saturated rings. The zero-order chi connectivity index (χ0) is 30.8. The molecule has 0 radical (unpaired) electrons. The minimum atomic E-state index is 0.0186. The third kappa shape index (κ3) is 2.54. The molecule has 2 aromatic heterocycles. The topological polar surface area (TPSA) is 16.3 Å². The van der Waals surface area contributed by atoms with Crippen molar-refractivity contribution < 1.29 is 0 Å². The maximum absolute atomic E-state index is 2.61. The van der Waals surface area contributed by atoms with Crippen molar-refractivity contribution in [1.29, 1.82) is 0 Å². The van der Waals surface area contributed by atoms with E-state index in [1.165, 1.54) is 99.5 Å². The highest BCUT2D eigenvalue weighted by molar-refractivity contribution is 6.85. The molecule has 7 aromatic carbocycles. The van der Waals surface area contributed by atoms with Gasteiger partial charge in [0, 0.05) is 55.1 Å². The van der Waals surface area contributed by atoms with Crippen LogP contribution in [0.15, 0.2) is 146 Å². The second-order valence-corrected chi connectivity index (χ2v) is 13.7. The Labute approximate surface area is 276 Å². The van der Waals surface area contributed by atoms with Gasteiger partial charge in [0.1, 0.15) is 0 Å². The molecule has 4 aliphatic heterocycles. The van der Waals surface area contributed by atoms with Crippen LogP contribution in [0.2, 0.25) is 0 Å². The molecular formula is C42H24B2N4. The molecule has 6 heterocycles. The van der Waals surface area contributed by atoms with Crippen molar-refractivity contribution in [2.75, 3.05) is 9.62 Å². The molecule has 0 atom stereocenters. The van der Waals surface area contributed by atoms with E-state index >= 15 is 0 Å². The molecule has 0 saturated heterocycles. The van der Waals surface area contributed by atoms with E-state index in [1.807, 2.05) is 0 Å². The summed E-state index contributed by atoms with van der Waals surface area (Å²) in [4.78, 5) is 5.18. The Hall–Kier alpha value is -6.13. The van der Waals surface area contributed by atoms with Crippen LogP contribution in [0, 0.1) is 0 Å². The molecule has 0 unspecified atom stereocenters. The molecule has 13 rings (SSSR count). The molecule has 9 aromatic rings. The molecule has 4 nitrogen and oxygen atoms in total. The lowest BCUT2D eigenvalue weighted by atomic mass is 9.54. The summed E-state index contributed by atoms with van der Waals surface area (Å²) in [5, 5.41) is 5.28. The Morgan fingerprint density at radius 3 is 1.23 bits per heavy atom. The number of fused-ring (bicyclic) bond motifs is 22. The fourth-order valence-corrected chi connectivity index (χ4v) is 9.89. The third-order valence-electron chi connectivity index (χ3n) is 11.6. The van der Waals surface area contributed by atoms with E-state index in [-0.39, 0.29) is 14.0 Å². The summed E-state index contributed by atoms with van der Waals surface area (Å²) in [5.74, 6) is 0. The van der Waals surface area contributed by atoms with E-state index < -0.39 is 0 Å². The summed E-state index contributed by atoms with van der Waals surface area (Å²) in [6.07, 6.45) is 0. The van der Waals surface area contributed by atoms with Crippen molar-refractivity contribution in [3.8, 4) is 22.3 Å². The Bertz CT molecular complexity index is 2750. The van der Waals surface area contributed by atoms with Gasteiger partial charge in [0.25, 0.3) is 0 Å². The van der Waals surface area contributed by atoms with Crippen LogP contribution in [0.1, 0.15) is 0 Å². The van der Waals surface area contributed by atoms with Crippen LogP contribution in [0.25, 0.3) is 65.9 Å². The molecule has 6 heteroatoms. The van der Waals surface area contributed by atoms with Crippen molar-refractivity contribution >= 4 is 91.3 Å². The van der Waals surface area contributed by atoms with Gasteiger partial charge in [0.05, 0.1) is 22.4 Å². The average molecular weight is 606 g/mol. The maximum atomic E-state index is 2.61. The van der Waals surface area contributed by atoms with Gasteiger partial charge in [-0.05, 0) is 58.5 Å². The van der Waals surface area contributed by atoms with E-state index in [9.17, 15) is 0 Å². The number of benzene rings is 7. The molecule has 4 aliphatic rings. The lowest BCUT2D eigenvalue weighted by Gasteiger charge is -2.38. The van der Waals surface area contributed by atoms with E-state index in [0.717, 1.165) is 0 Å². The van der Waals surface area contributed by atoms with Crippen LogP contribution in [0.3, 0.4) is 0 Å². The molecule has 0 bridgehead atoms. The van der Waals surface area contributed by atoms with Crippen LogP contribution < -0.4 is 20.5 Å². The molecule has 0 amide bonds. The Kier molecular flexibility index (Phi) is 4.04. The predicted octanol–water partition coefficient (Wildman–Crippen LogP) is 8.65. The Morgan fingerprint density at radius 2 is 0.729 bits per heavy atom. The summed E-state index contributed by atoms with van der Waals surface area (Å²) < 4.78 is 5.22. The molecule has 0 saturated carbocycles. The normalized spacial score (nSPS) is 14.5. The summed E-state index contributed by atoms with van der Waals surface area (Å²) in [6.45, 7) is 0.0372. The van der Waals surface area contributed by atoms with E-state index in [0.29, 0.717) is 0 Å². The molecule has 48 heavy (non-hydrogen) atoms. The third-order valence-corrected chi connectivity index (χ3v) is 11.6. The highest BCUT2D eigenvalue weighted by Crippen LogP contribution is 2.52. The standard InChI is InChI=1S/C42H24B2N4/c1-7-19-37-25(11-1)29-15-9-21-39-41(29)47(37)43-33-23-32-28-14-4-6-18-36(28)46-40-22-10-16-30-26-12-2-8-20-38(26)48(42(30)40)44(46)34(32)24-31(33)27-13-3-5-17-35(27)45(39)43/h1-24H. The Balaban J connectivity index is 1.17. The van der Waals surface area contributed by atoms with E-state index in [1.54, 1.807) is 0 Å². The molecule has 0 N–H and O–H groups in total. The first-order valence-corrected chi connectivity index (χ1v) is 16.9. The molecule has 0 spiro atoms. The van der Waals surface area contributed by atoms with Gasteiger partial charge in [-0.15, -0.1) is 0 Å². The molecular weight excluding hydrogens is 582 g/mol. The maximum Gasteiger partial charge on any atom is 0.421 e. The fourth-order valence-electron chi connectivity index (χ4n) is 9.89. The minimum absolute atomic E-state index is 0.0186. The van der Waals surface area contributed by atoms with Gasteiger partial charge in [0.15, 0.2) is 0 Å². The summed E-state index contributed by atoms with van der Waals surface area (Å²) in [5.41, 5.74) is 18.3. The zero-order valence-electron chi connectivity index (χ0n) is 25.8. The van der Waals surface area contributed by atoms with Gasteiger partial charge in [-0.3, -0.25) is 0 Å². The second-order valence-electron chi connectivity index (χ2n) is 13.7. The average Bonchev–Trinajstić information content (AvgIpc) is 3.88. The number of hydrogen-bond donors (Lipinski definition) is 0. The van der Waals surface area contributed by atoms with E-state index in [2.05, 4.69) is 164 Å². The van der Waals surface area contributed by atoms with Crippen LogP contribution in [0.5, 0.6) is 0 Å².